The van der Waals surface area contributed by atoms with Gasteiger partial charge in [-0.3, -0.25) is 14.4 Å². The second-order valence-electron chi connectivity index (χ2n) is 11.7. The number of cyclic esters (lactones) is 1. The van der Waals surface area contributed by atoms with Crippen molar-refractivity contribution in [2.75, 3.05) is 24.7 Å². The van der Waals surface area contributed by atoms with Crippen LogP contribution in [0.5, 0.6) is 0 Å². The molecule has 0 radical (unpaired) electrons. The van der Waals surface area contributed by atoms with Crippen LogP contribution in [0.4, 0.5) is 5.69 Å². The summed E-state index contributed by atoms with van der Waals surface area (Å²) in [6.45, 7) is 1.98. The van der Waals surface area contributed by atoms with E-state index in [0.717, 1.165) is 10.8 Å². The van der Waals surface area contributed by atoms with Gasteiger partial charge in [-0.25, -0.2) is 0 Å². The number of anilines is 1. The predicted molar refractivity (Wildman–Crippen MR) is 161 cm³/mol. The zero-order chi connectivity index (χ0) is 29.8. The zero-order valence-corrected chi connectivity index (χ0v) is 24.0. The molecule has 4 heterocycles. The van der Waals surface area contributed by atoms with Gasteiger partial charge in [0.2, 0.25) is 5.91 Å². The molecule has 1 spiro atoms. The summed E-state index contributed by atoms with van der Waals surface area (Å²) >= 11 is 0. The smallest absolute Gasteiger partial charge is 0.313 e. The van der Waals surface area contributed by atoms with Gasteiger partial charge in [-0.2, -0.15) is 0 Å². The molecule has 3 aromatic rings. The number of ether oxygens (including phenoxy) is 2. The number of amides is 2. The third-order valence-corrected chi connectivity index (χ3v) is 9.58. The Labute approximate surface area is 250 Å². The number of esters is 1. The van der Waals surface area contributed by atoms with Crippen molar-refractivity contribution in [1.29, 1.82) is 0 Å². The van der Waals surface area contributed by atoms with Gasteiger partial charge in [0.15, 0.2) is 0 Å². The number of carbonyl (C=O) groups excluding carboxylic acids is 3. The number of rotatable bonds is 5. The average Bonchev–Trinajstić information content (AvgIpc) is 3.38. The number of likely N-dealkylation sites (tertiary alicyclic amines) is 1. The van der Waals surface area contributed by atoms with Crippen molar-refractivity contribution in [3.63, 3.8) is 0 Å². The van der Waals surface area contributed by atoms with E-state index in [-0.39, 0.29) is 19.1 Å². The van der Waals surface area contributed by atoms with E-state index in [9.17, 15) is 19.5 Å². The van der Waals surface area contributed by atoms with Crippen molar-refractivity contribution in [2.45, 2.75) is 43.1 Å². The Morgan fingerprint density at radius 3 is 2.44 bits per heavy atom. The Balaban J connectivity index is 1.42. The van der Waals surface area contributed by atoms with Gasteiger partial charge in [-0.05, 0) is 41.3 Å². The molecule has 1 unspecified atom stereocenters. The second kappa shape index (κ2) is 10.5. The van der Waals surface area contributed by atoms with Crippen LogP contribution in [0.1, 0.15) is 31.4 Å². The molecule has 0 saturated carbocycles. The third-order valence-electron chi connectivity index (χ3n) is 9.58. The minimum atomic E-state index is -1.45. The number of aliphatic hydroxyl groups excluding tert-OH is 1. The fourth-order valence-electron chi connectivity index (χ4n) is 7.61. The Kier molecular flexibility index (Phi) is 6.71. The minimum absolute atomic E-state index is 0.209. The molecule has 0 aromatic heterocycles. The number of fused-ring (bicyclic) bond motifs is 3. The van der Waals surface area contributed by atoms with Crippen LogP contribution in [-0.4, -0.2) is 64.8 Å². The van der Waals surface area contributed by atoms with Crippen LogP contribution in [0, 0.1) is 11.8 Å². The van der Waals surface area contributed by atoms with E-state index >= 15 is 0 Å². The maximum Gasteiger partial charge on any atom is 0.313 e. The maximum atomic E-state index is 14.9. The molecule has 4 aliphatic heterocycles. The number of hydrogen-bond acceptors (Lipinski definition) is 6. The topological polar surface area (TPSA) is 96.4 Å². The molecule has 43 heavy (non-hydrogen) atoms. The first-order chi connectivity index (χ1) is 20.9. The third kappa shape index (κ3) is 4.07. The van der Waals surface area contributed by atoms with E-state index < -0.39 is 53.6 Å². The van der Waals surface area contributed by atoms with Crippen LogP contribution in [-0.2, 0) is 23.9 Å². The van der Waals surface area contributed by atoms with Crippen LogP contribution < -0.4 is 4.90 Å². The molecule has 2 fully saturated rings. The quantitative estimate of drug-likeness (QED) is 0.358. The Hall–Kier alpha value is -4.27. The van der Waals surface area contributed by atoms with Gasteiger partial charge < -0.3 is 24.4 Å². The predicted octanol–water partition coefficient (Wildman–Crippen LogP) is 4.34. The van der Waals surface area contributed by atoms with E-state index in [2.05, 4.69) is 0 Å². The summed E-state index contributed by atoms with van der Waals surface area (Å²) in [4.78, 5) is 46.5. The van der Waals surface area contributed by atoms with E-state index in [4.69, 9.17) is 9.47 Å². The first kappa shape index (κ1) is 27.6. The summed E-state index contributed by atoms with van der Waals surface area (Å²) in [6.07, 6.45) is 8.47. The normalized spacial score (nSPS) is 30.7. The van der Waals surface area contributed by atoms with Gasteiger partial charge in [0.25, 0.3) is 5.91 Å². The molecule has 8 nitrogen and oxygen atoms in total. The molecule has 220 valence electrons. The number of aliphatic hydroxyl groups is 1. The zero-order valence-electron chi connectivity index (χ0n) is 24.0. The molecule has 3 aromatic carbocycles. The summed E-state index contributed by atoms with van der Waals surface area (Å²) < 4.78 is 12.6. The number of hydrogen-bond donors (Lipinski definition) is 1. The van der Waals surface area contributed by atoms with E-state index in [1.807, 2.05) is 104 Å². The summed E-state index contributed by atoms with van der Waals surface area (Å²) in [5.74, 6) is -3.20. The molecule has 1 N–H and O–H groups in total. The summed E-state index contributed by atoms with van der Waals surface area (Å²) in [6, 6.07) is 21.0. The Morgan fingerprint density at radius 2 is 1.67 bits per heavy atom. The highest BCUT2D eigenvalue weighted by atomic mass is 16.6. The lowest BCUT2D eigenvalue weighted by Crippen LogP contribution is -2.57. The van der Waals surface area contributed by atoms with Gasteiger partial charge >= 0.3 is 5.97 Å². The highest BCUT2D eigenvalue weighted by Gasteiger charge is 2.76. The fourth-order valence-corrected chi connectivity index (χ4v) is 7.61. The van der Waals surface area contributed by atoms with Gasteiger partial charge in [0.1, 0.15) is 23.2 Å². The lowest BCUT2D eigenvalue weighted by molar-refractivity contribution is -0.161. The highest BCUT2D eigenvalue weighted by Crippen LogP contribution is 2.59. The molecule has 7 rings (SSSR count). The molecular formula is C35H34N2O6. The van der Waals surface area contributed by atoms with Crippen molar-refractivity contribution in [1.82, 2.24) is 4.90 Å². The van der Waals surface area contributed by atoms with Crippen molar-refractivity contribution in [2.24, 2.45) is 11.8 Å². The number of nitrogens with zero attached hydrogens (tertiary/aromatic N) is 2. The first-order valence-corrected chi connectivity index (χ1v) is 14.9. The standard InChI is InChI=1S/C35H34N2O6/c1-2-34-17-8-9-20-42-33(41)29(34)28-31(39)37(27(22-38)24-12-4-3-5-13-24)30-32(40)36(19-10-18-35(28,30)43-34)26-16-15-23-11-6-7-14-25(23)21-26/h3-8,10-18,21,27-30,38H,2,9,19-20,22H2,1H3/t27-,28+,29+,30?,34-,35+/m1/s1. The largest absolute Gasteiger partial charge is 0.465 e. The Bertz CT molecular complexity index is 1650. The second-order valence-corrected chi connectivity index (χ2v) is 11.7. The van der Waals surface area contributed by atoms with Gasteiger partial charge in [-0.1, -0.05) is 91.9 Å². The molecule has 8 heteroatoms. The van der Waals surface area contributed by atoms with Crippen LogP contribution in [0.15, 0.2) is 97.1 Å². The van der Waals surface area contributed by atoms with Crippen molar-refractivity contribution in [3.05, 3.63) is 103 Å². The van der Waals surface area contributed by atoms with E-state index in [1.54, 1.807) is 4.90 Å². The van der Waals surface area contributed by atoms with Crippen LogP contribution >= 0.6 is 0 Å². The van der Waals surface area contributed by atoms with Gasteiger partial charge in [0, 0.05) is 12.2 Å². The monoisotopic (exact) mass is 578 g/mol. The van der Waals surface area contributed by atoms with Crippen LogP contribution in [0.2, 0.25) is 0 Å². The van der Waals surface area contributed by atoms with Gasteiger partial charge in [-0.15, -0.1) is 0 Å². The molecule has 2 amide bonds. The summed E-state index contributed by atoms with van der Waals surface area (Å²) in [7, 11) is 0. The lowest BCUT2D eigenvalue weighted by atomic mass is 9.73. The number of carbonyl (C=O) groups is 3. The molecule has 0 aliphatic carbocycles. The molecule has 4 aliphatic rings. The highest BCUT2D eigenvalue weighted by molar-refractivity contribution is 6.06. The van der Waals surface area contributed by atoms with E-state index in [1.165, 1.54) is 4.90 Å². The van der Waals surface area contributed by atoms with Crippen molar-refractivity contribution in [3.8, 4) is 0 Å². The minimum Gasteiger partial charge on any atom is -0.465 e. The average molecular weight is 579 g/mol. The lowest BCUT2D eigenvalue weighted by Gasteiger charge is -2.41. The van der Waals surface area contributed by atoms with Crippen molar-refractivity contribution >= 4 is 34.2 Å². The van der Waals surface area contributed by atoms with Gasteiger partial charge in [0.05, 0.1) is 25.2 Å². The molecule has 2 saturated heterocycles. The number of benzene rings is 3. The summed E-state index contributed by atoms with van der Waals surface area (Å²) in [5.41, 5.74) is -1.19. The molecule has 0 bridgehead atoms. The molecule has 6 atom stereocenters. The Morgan fingerprint density at radius 1 is 0.907 bits per heavy atom. The van der Waals surface area contributed by atoms with Crippen LogP contribution in [0.3, 0.4) is 0 Å². The van der Waals surface area contributed by atoms with E-state index in [0.29, 0.717) is 24.1 Å². The summed E-state index contributed by atoms with van der Waals surface area (Å²) in [5, 5.41) is 12.8. The van der Waals surface area contributed by atoms with Crippen molar-refractivity contribution < 1.29 is 29.0 Å². The van der Waals surface area contributed by atoms with Crippen LogP contribution in [0.25, 0.3) is 10.8 Å². The first-order valence-electron chi connectivity index (χ1n) is 14.9. The molecular weight excluding hydrogens is 544 g/mol. The maximum absolute atomic E-state index is 14.9. The SMILES string of the molecule is CC[C@@]12C=CCCOC(=O)[C@@H]1[C@H]1C(=O)N([C@H](CO)c3ccccc3)C3C(=O)N(c4ccc5ccccc5c4)CC=C[C@@]31O2. The fraction of sp³-hybridized carbons (Fsp3) is 0.343.